The van der Waals surface area contributed by atoms with E-state index in [1.807, 2.05) is 12.5 Å². The molecule has 1 aromatic heterocycles. The van der Waals surface area contributed by atoms with Gasteiger partial charge in [0.25, 0.3) is 0 Å². The monoisotopic (exact) mass is 253 g/mol. The Hall–Kier alpha value is -0.520. The Morgan fingerprint density at radius 1 is 1.53 bits per heavy atom. The quantitative estimate of drug-likeness (QED) is 0.662. The summed E-state index contributed by atoms with van der Waals surface area (Å²) in [6.07, 6.45) is 9.92. The smallest absolute Gasteiger partial charge is 0.142 e. The summed E-state index contributed by atoms with van der Waals surface area (Å²) >= 11 is 10.9. The summed E-state index contributed by atoms with van der Waals surface area (Å²) < 4.78 is 0.696. The number of nitrogens with zero attached hydrogens (tertiary/aromatic N) is 2. The zero-order valence-electron chi connectivity index (χ0n) is 7.88. The number of rotatable bonds is 3. The highest BCUT2D eigenvalue weighted by Crippen LogP contribution is 2.21. The molecule has 2 nitrogen and oxygen atoms in total. The van der Waals surface area contributed by atoms with Crippen molar-refractivity contribution in [3.8, 4) is 0 Å². The van der Waals surface area contributed by atoms with E-state index in [1.165, 1.54) is 16.9 Å². The molecule has 5 heteroatoms. The van der Waals surface area contributed by atoms with Crippen LogP contribution in [0.4, 0.5) is 0 Å². The van der Waals surface area contributed by atoms with Gasteiger partial charge in [-0.25, -0.2) is 0 Å². The zero-order valence-corrected chi connectivity index (χ0v) is 10.4. The van der Waals surface area contributed by atoms with Crippen LogP contribution in [0.2, 0.25) is 0 Å². The van der Waals surface area contributed by atoms with Gasteiger partial charge in [0.2, 0.25) is 0 Å². The Kier molecular flexibility index (Phi) is 3.66. The van der Waals surface area contributed by atoms with Crippen molar-refractivity contribution in [1.82, 2.24) is 10.2 Å². The van der Waals surface area contributed by atoms with Crippen molar-refractivity contribution in [2.45, 2.75) is 17.2 Å². The van der Waals surface area contributed by atoms with E-state index in [4.69, 9.17) is 12.2 Å². The number of hydrogen-bond acceptors (Lipinski definition) is 5. The van der Waals surface area contributed by atoms with Gasteiger partial charge in [-0.3, -0.25) is 0 Å². The molecular formula is C10H9N2S3. The van der Waals surface area contributed by atoms with Crippen molar-refractivity contribution in [2.24, 2.45) is 0 Å². The highest BCUT2D eigenvalue weighted by Gasteiger charge is 2.08. The lowest BCUT2D eigenvalue weighted by atomic mass is 10.0. The first-order valence-electron chi connectivity index (χ1n) is 4.50. The molecule has 0 fully saturated rings. The maximum absolute atomic E-state index is 5.26. The fourth-order valence-electron chi connectivity index (χ4n) is 1.27. The third-order valence-electron chi connectivity index (χ3n) is 2.02. The summed E-state index contributed by atoms with van der Waals surface area (Å²) in [5.41, 5.74) is 1.20. The highest BCUT2D eigenvalue weighted by atomic mass is 32.2. The predicted octanol–water partition coefficient (Wildman–Crippen LogP) is 3.03. The van der Waals surface area contributed by atoms with Gasteiger partial charge < -0.3 is 0 Å². The Morgan fingerprint density at radius 2 is 2.40 bits per heavy atom. The van der Waals surface area contributed by atoms with Crippen LogP contribution in [0.25, 0.3) is 0 Å². The molecule has 1 aromatic rings. The lowest BCUT2D eigenvalue weighted by Gasteiger charge is -2.08. The molecule has 0 N–H and O–H groups in total. The van der Waals surface area contributed by atoms with Gasteiger partial charge >= 0.3 is 0 Å². The lowest BCUT2D eigenvalue weighted by molar-refractivity contribution is 0.979. The molecule has 0 saturated heterocycles. The standard InChI is InChI=1S/C10H9N2S3/c13-8-4-2-1-3-7(8)5-6-9-11-12-10(14)15-9/h1-3,6H,4-5H2,(H,12,14). The first kappa shape index (κ1) is 11.0. The number of thiocarbonyl (C=S) groups is 1. The van der Waals surface area contributed by atoms with Gasteiger partial charge in [-0.1, -0.05) is 41.8 Å². The van der Waals surface area contributed by atoms with Crippen molar-refractivity contribution in [1.29, 1.82) is 0 Å². The molecule has 1 radical (unpaired) electrons. The molecule has 0 amide bonds. The van der Waals surface area contributed by atoms with Gasteiger partial charge in [0.15, 0.2) is 4.34 Å². The molecule has 2 rings (SSSR count). The number of allylic oxidation sites excluding steroid dienone is 4. The van der Waals surface area contributed by atoms with E-state index < -0.39 is 0 Å². The summed E-state index contributed by atoms with van der Waals surface area (Å²) in [4.78, 5) is 1.02. The van der Waals surface area contributed by atoms with E-state index in [-0.39, 0.29) is 0 Å². The van der Waals surface area contributed by atoms with E-state index >= 15 is 0 Å². The third-order valence-corrected chi connectivity index (χ3v) is 3.54. The molecule has 1 heterocycles. The Morgan fingerprint density at radius 3 is 3.07 bits per heavy atom. The highest BCUT2D eigenvalue weighted by molar-refractivity contribution is 7.82. The van der Waals surface area contributed by atoms with E-state index in [0.717, 1.165) is 22.7 Å². The third kappa shape index (κ3) is 2.96. The SMILES string of the molecule is S=C1CC=CC=C1C[CH]c1nnc(S)s1. The van der Waals surface area contributed by atoms with Gasteiger partial charge in [-0.15, -0.1) is 22.8 Å². The Bertz CT molecular complexity index is 432. The van der Waals surface area contributed by atoms with Crippen LogP contribution in [0.5, 0.6) is 0 Å². The van der Waals surface area contributed by atoms with Crippen molar-refractivity contribution in [3.63, 3.8) is 0 Å². The van der Waals surface area contributed by atoms with Crippen LogP contribution in [0, 0.1) is 6.42 Å². The second-order valence-electron chi connectivity index (χ2n) is 3.08. The van der Waals surface area contributed by atoms with Crippen molar-refractivity contribution >= 4 is 41.0 Å². The molecule has 0 aliphatic heterocycles. The molecule has 0 unspecified atom stereocenters. The largest absolute Gasteiger partial charge is 0.171 e. The lowest BCUT2D eigenvalue weighted by Crippen LogP contribution is -2.01. The number of aromatic nitrogens is 2. The van der Waals surface area contributed by atoms with Gasteiger partial charge in [0.1, 0.15) is 5.01 Å². The predicted molar refractivity (Wildman–Crippen MR) is 69.6 cm³/mol. The minimum absolute atomic E-state index is 0.696. The van der Waals surface area contributed by atoms with E-state index in [1.54, 1.807) is 0 Å². The molecule has 0 bridgehead atoms. The van der Waals surface area contributed by atoms with Crippen LogP contribution < -0.4 is 0 Å². The molecule has 1 aliphatic rings. The average molecular weight is 253 g/mol. The zero-order chi connectivity index (χ0) is 10.7. The topological polar surface area (TPSA) is 25.8 Å². The van der Waals surface area contributed by atoms with E-state index in [2.05, 4.69) is 35.0 Å². The van der Waals surface area contributed by atoms with Crippen molar-refractivity contribution in [2.75, 3.05) is 0 Å². The van der Waals surface area contributed by atoms with E-state index in [9.17, 15) is 0 Å². The molecular weight excluding hydrogens is 244 g/mol. The van der Waals surface area contributed by atoms with Gasteiger partial charge in [0, 0.05) is 17.7 Å². The van der Waals surface area contributed by atoms with Crippen molar-refractivity contribution in [3.05, 3.63) is 35.2 Å². The Balaban J connectivity index is 1.96. The summed E-state index contributed by atoms with van der Waals surface area (Å²) in [5.74, 6) is 0. The summed E-state index contributed by atoms with van der Waals surface area (Å²) in [5, 5.41) is 8.71. The molecule has 0 saturated carbocycles. The van der Waals surface area contributed by atoms with E-state index in [0.29, 0.717) is 4.34 Å². The number of hydrogen-bond donors (Lipinski definition) is 1. The first-order valence-corrected chi connectivity index (χ1v) is 6.17. The molecule has 0 spiro atoms. The summed E-state index contributed by atoms with van der Waals surface area (Å²) in [6.45, 7) is 0. The second-order valence-corrected chi connectivity index (χ2v) is 5.31. The van der Waals surface area contributed by atoms with Crippen LogP contribution >= 0.6 is 36.2 Å². The fraction of sp³-hybridized carbons (Fsp3) is 0.200. The normalized spacial score (nSPS) is 15.5. The maximum Gasteiger partial charge on any atom is 0.171 e. The minimum atomic E-state index is 0.696. The van der Waals surface area contributed by atoms with Gasteiger partial charge in [0.05, 0.1) is 0 Å². The number of thiol groups is 1. The minimum Gasteiger partial charge on any atom is -0.142 e. The molecule has 15 heavy (non-hydrogen) atoms. The Labute approximate surface area is 104 Å². The molecule has 1 aliphatic carbocycles. The van der Waals surface area contributed by atoms with Crippen LogP contribution in [-0.2, 0) is 0 Å². The maximum atomic E-state index is 5.26. The van der Waals surface area contributed by atoms with Crippen LogP contribution in [0.1, 0.15) is 17.8 Å². The van der Waals surface area contributed by atoms with Gasteiger partial charge in [-0.05, 0) is 12.0 Å². The van der Waals surface area contributed by atoms with Crippen molar-refractivity contribution < 1.29 is 0 Å². The van der Waals surface area contributed by atoms with Crippen LogP contribution in [-0.4, -0.2) is 15.1 Å². The summed E-state index contributed by atoms with van der Waals surface area (Å²) in [6, 6.07) is 0. The molecule has 77 valence electrons. The second kappa shape index (κ2) is 5.01. The summed E-state index contributed by atoms with van der Waals surface area (Å²) in [7, 11) is 0. The first-order chi connectivity index (χ1) is 7.25. The molecule has 0 aromatic carbocycles. The fourth-order valence-corrected chi connectivity index (χ4v) is 2.36. The van der Waals surface area contributed by atoms with Gasteiger partial charge in [-0.2, -0.15) is 0 Å². The average Bonchev–Trinajstić information content (AvgIpc) is 2.63. The van der Waals surface area contributed by atoms with Crippen LogP contribution in [0.3, 0.4) is 0 Å². The van der Waals surface area contributed by atoms with Crippen LogP contribution in [0.15, 0.2) is 28.1 Å². The molecule has 0 atom stereocenters.